The fourth-order valence-corrected chi connectivity index (χ4v) is 1.73. The number of carbonyl (C=O) groups excluding carboxylic acids is 1. The Kier molecular flexibility index (Phi) is 4.03. The highest BCUT2D eigenvalue weighted by molar-refractivity contribution is 5.86. The molecule has 0 aromatic carbocycles. The van der Waals surface area contributed by atoms with Crippen molar-refractivity contribution in [3.8, 4) is 0 Å². The SMILES string of the molecule is CC(N)(C(=O)N[C@H]1CCCC[C@@H]1O)C(F)(F)F. The molecule has 1 unspecified atom stereocenters. The van der Waals surface area contributed by atoms with E-state index in [-0.39, 0.29) is 0 Å². The van der Waals surface area contributed by atoms with Gasteiger partial charge in [0.05, 0.1) is 12.1 Å². The molecule has 1 rings (SSSR count). The molecule has 17 heavy (non-hydrogen) atoms. The number of carbonyl (C=O) groups is 1. The fraction of sp³-hybridized carbons (Fsp3) is 0.900. The summed E-state index contributed by atoms with van der Waals surface area (Å²) >= 11 is 0. The summed E-state index contributed by atoms with van der Waals surface area (Å²) in [7, 11) is 0. The predicted molar refractivity (Wildman–Crippen MR) is 55.1 cm³/mol. The molecule has 7 heteroatoms. The summed E-state index contributed by atoms with van der Waals surface area (Å²) in [5.74, 6) is -1.30. The number of hydrogen-bond donors (Lipinski definition) is 3. The van der Waals surface area contributed by atoms with E-state index in [0.29, 0.717) is 19.8 Å². The molecule has 1 aliphatic rings. The van der Waals surface area contributed by atoms with E-state index in [9.17, 15) is 23.1 Å². The zero-order valence-corrected chi connectivity index (χ0v) is 9.55. The molecule has 1 saturated carbocycles. The van der Waals surface area contributed by atoms with Crippen molar-refractivity contribution in [1.29, 1.82) is 0 Å². The van der Waals surface area contributed by atoms with Crippen LogP contribution in [0.15, 0.2) is 0 Å². The van der Waals surface area contributed by atoms with Crippen molar-refractivity contribution in [3.63, 3.8) is 0 Å². The van der Waals surface area contributed by atoms with Crippen LogP contribution in [0.3, 0.4) is 0 Å². The summed E-state index contributed by atoms with van der Waals surface area (Å²) < 4.78 is 37.5. The minimum atomic E-state index is -4.81. The van der Waals surface area contributed by atoms with E-state index in [1.807, 2.05) is 0 Å². The summed E-state index contributed by atoms with van der Waals surface area (Å²) in [5.41, 5.74) is 2.05. The number of rotatable bonds is 2. The van der Waals surface area contributed by atoms with E-state index in [0.717, 1.165) is 12.8 Å². The highest BCUT2D eigenvalue weighted by atomic mass is 19.4. The molecule has 100 valence electrons. The van der Waals surface area contributed by atoms with Crippen LogP contribution >= 0.6 is 0 Å². The average Bonchev–Trinajstić information content (AvgIpc) is 2.19. The molecule has 0 aromatic heterocycles. The van der Waals surface area contributed by atoms with Gasteiger partial charge in [-0.15, -0.1) is 0 Å². The smallest absolute Gasteiger partial charge is 0.391 e. The molecule has 0 aromatic rings. The second-order valence-electron chi connectivity index (χ2n) is 4.63. The van der Waals surface area contributed by atoms with Crippen molar-refractivity contribution in [2.24, 2.45) is 5.73 Å². The lowest BCUT2D eigenvalue weighted by Gasteiger charge is -2.32. The van der Waals surface area contributed by atoms with Crippen LogP contribution in [0.25, 0.3) is 0 Å². The van der Waals surface area contributed by atoms with Gasteiger partial charge in [-0.1, -0.05) is 12.8 Å². The van der Waals surface area contributed by atoms with E-state index >= 15 is 0 Å². The van der Waals surface area contributed by atoms with Crippen LogP contribution in [0.2, 0.25) is 0 Å². The van der Waals surface area contributed by atoms with Gasteiger partial charge in [-0.2, -0.15) is 13.2 Å². The molecule has 0 heterocycles. The van der Waals surface area contributed by atoms with Crippen LogP contribution in [-0.4, -0.2) is 34.9 Å². The number of alkyl halides is 3. The maximum Gasteiger partial charge on any atom is 0.415 e. The van der Waals surface area contributed by atoms with Gasteiger partial charge in [0.1, 0.15) is 0 Å². The van der Waals surface area contributed by atoms with Crippen molar-refractivity contribution >= 4 is 5.91 Å². The van der Waals surface area contributed by atoms with E-state index in [4.69, 9.17) is 5.73 Å². The molecule has 0 radical (unpaired) electrons. The van der Waals surface area contributed by atoms with Crippen LogP contribution in [-0.2, 0) is 4.79 Å². The third-order valence-corrected chi connectivity index (χ3v) is 3.11. The van der Waals surface area contributed by atoms with Crippen molar-refractivity contribution < 1.29 is 23.1 Å². The van der Waals surface area contributed by atoms with Crippen LogP contribution in [0.1, 0.15) is 32.6 Å². The maximum atomic E-state index is 12.5. The molecule has 0 bridgehead atoms. The molecule has 1 aliphatic carbocycles. The maximum absolute atomic E-state index is 12.5. The van der Waals surface area contributed by atoms with Gasteiger partial charge in [0.2, 0.25) is 5.91 Å². The standard InChI is InChI=1S/C10H17F3N2O2/c1-9(14,10(11,12)13)8(17)15-6-4-2-3-5-7(6)16/h6-7,16H,2-5,14H2,1H3,(H,15,17)/t6-,7-,9?/m0/s1. The zero-order valence-electron chi connectivity index (χ0n) is 9.55. The number of aliphatic hydroxyl groups is 1. The molecule has 3 atom stereocenters. The Labute approximate surface area is 97.4 Å². The highest BCUT2D eigenvalue weighted by Gasteiger charge is 2.54. The first kappa shape index (κ1) is 14.2. The van der Waals surface area contributed by atoms with Crippen molar-refractivity contribution in [2.45, 2.75) is 56.5 Å². The van der Waals surface area contributed by atoms with Gasteiger partial charge in [0.15, 0.2) is 5.54 Å². The Balaban J connectivity index is 2.65. The van der Waals surface area contributed by atoms with Gasteiger partial charge in [-0.05, 0) is 19.8 Å². The summed E-state index contributed by atoms with van der Waals surface area (Å²) in [6, 6.07) is -0.638. The fourth-order valence-electron chi connectivity index (χ4n) is 1.73. The predicted octanol–water partition coefficient (Wildman–Crippen LogP) is 0.686. The second-order valence-corrected chi connectivity index (χ2v) is 4.63. The third kappa shape index (κ3) is 3.10. The first-order valence-corrected chi connectivity index (χ1v) is 5.51. The van der Waals surface area contributed by atoms with Crippen molar-refractivity contribution in [2.75, 3.05) is 0 Å². The van der Waals surface area contributed by atoms with Crippen molar-refractivity contribution in [1.82, 2.24) is 5.32 Å². The molecule has 4 nitrogen and oxygen atoms in total. The lowest BCUT2D eigenvalue weighted by molar-refractivity contribution is -0.188. The van der Waals surface area contributed by atoms with Crippen LogP contribution in [0.5, 0.6) is 0 Å². The molecule has 1 amide bonds. The summed E-state index contributed by atoms with van der Waals surface area (Å²) in [4.78, 5) is 11.5. The molecular formula is C10H17F3N2O2. The van der Waals surface area contributed by atoms with Crippen LogP contribution < -0.4 is 11.1 Å². The lowest BCUT2D eigenvalue weighted by Crippen LogP contribution is -2.63. The number of nitrogens with one attached hydrogen (secondary N) is 1. The molecule has 4 N–H and O–H groups in total. The van der Waals surface area contributed by atoms with E-state index in [1.54, 1.807) is 0 Å². The van der Waals surface area contributed by atoms with E-state index in [2.05, 4.69) is 5.32 Å². The normalized spacial score (nSPS) is 29.5. The second kappa shape index (κ2) is 4.81. The third-order valence-electron chi connectivity index (χ3n) is 3.11. The molecule has 0 saturated heterocycles. The largest absolute Gasteiger partial charge is 0.415 e. The molecular weight excluding hydrogens is 237 g/mol. The topological polar surface area (TPSA) is 75.4 Å². The lowest BCUT2D eigenvalue weighted by atomic mass is 9.91. The summed E-state index contributed by atoms with van der Waals surface area (Å²) in [5, 5.41) is 11.7. The van der Waals surface area contributed by atoms with Gasteiger partial charge in [-0.3, -0.25) is 4.79 Å². The quantitative estimate of drug-likeness (QED) is 0.678. The van der Waals surface area contributed by atoms with Gasteiger partial charge < -0.3 is 16.2 Å². The first-order valence-electron chi connectivity index (χ1n) is 5.51. The zero-order chi connectivity index (χ0) is 13.3. The van der Waals surface area contributed by atoms with E-state index in [1.165, 1.54) is 0 Å². The van der Waals surface area contributed by atoms with Crippen LogP contribution in [0.4, 0.5) is 13.2 Å². The molecule has 0 spiro atoms. The minimum Gasteiger partial charge on any atom is -0.391 e. The van der Waals surface area contributed by atoms with Crippen LogP contribution in [0, 0.1) is 0 Å². The number of nitrogens with two attached hydrogens (primary N) is 1. The first-order chi connectivity index (χ1) is 7.66. The van der Waals surface area contributed by atoms with Gasteiger partial charge in [0.25, 0.3) is 0 Å². The number of aliphatic hydroxyl groups excluding tert-OH is 1. The van der Waals surface area contributed by atoms with Gasteiger partial charge in [0, 0.05) is 0 Å². The van der Waals surface area contributed by atoms with Crippen molar-refractivity contribution in [3.05, 3.63) is 0 Å². The Morgan fingerprint density at radius 3 is 2.35 bits per heavy atom. The average molecular weight is 254 g/mol. The summed E-state index contributed by atoms with van der Waals surface area (Å²) in [6.45, 7) is 0.623. The molecule has 0 aliphatic heterocycles. The summed E-state index contributed by atoms with van der Waals surface area (Å²) in [6.07, 6.45) is -3.06. The Hall–Kier alpha value is -0.820. The van der Waals surface area contributed by atoms with Gasteiger partial charge in [-0.25, -0.2) is 0 Å². The Bertz CT molecular complexity index is 292. The monoisotopic (exact) mass is 254 g/mol. The van der Waals surface area contributed by atoms with Gasteiger partial charge >= 0.3 is 6.18 Å². The number of amides is 1. The van der Waals surface area contributed by atoms with E-state index < -0.39 is 29.8 Å². The highest BCUT2D eigenvalue weighted by Crippen LogP contribution is 2.28. The Morgan fingerprint density at radius 2 is 1.88 bits per heavy atom. The number of hydrogen-bond acceptors (Lipinski definition) is 3. The molecule has 1 fully saturated rings. The minimum absolute atomic E-state index is 0.473. The number of halogens is 3. The Morgan fingerprint density at radius 1 is 1.35 bits per heavy atom.